The van der Waals surface area contributed by atoms with Crippen LogP contribution in [-0.4, -0.2) is 31.4 Å². The minimum absolute atomic E-state index is 0.00406. The zero-order valence-corrected chi connectivity index (χ0v) is 19.0. The molecular weight excluding hydrogens is 447 g/mol. The lowest BCUT2D eigenvalue weighted by atomic mass is 10.1. The number of aromatic amines is 1. The highest BCUT2D eigenvalue weighted by Crippen LogP contribution is 2.40. The lowest BCUT2D eigenvalue weighted by molar-refractivity contribution is 0.0730. The fraction of sp³-hybridized carbons (Fsp3) is 0.417. The molecule has 2 aliphatic rings. The van der Waals surface area contributed by atoms with Gasteiger partial charge in [0, 0.05) is 34.8 Å². The Morgan fingerprint density at radius 2 is 2.03 bits per heavy atom. The second-order valence-electron chi connectivity index (χ2n) is 8.84. The van der Waals surface area contributed by atoms with Crippen LogP contribution < -0.4 is 11.2 Å². The number of benzene rings is 1. The number of nitrogens with zero attached hydrogens (tertiary/aromatic N) is 3. The predicted molar refractivity (Wildman–Crippen MR) is 123 cm³/mol. The first-order chi connectivity index (χ1) is 15.9. The number of aromatic nitrogens is 3. The molecule has 9 heteroatoms. The minimum atomic E-state index is -0.639. The molecule has 0 aliphatic heterocycles. The molecule has 2 aromatic heterocycles. The van der Waals surface area contributed by atoms with Gasteiger partial charge < -0.3 is 4.90 Å². The Morgan fingerprint density at radius 3 is 2.67 bits per heavy atom. The molecule has 33 heavy (non-hydrogen) atoms. The van der Waals surface area contributed by atoms with Crippen LogP contribution in [0, 0.1) is 5.82 Å². The fourth-order valence-electron chi connectivity index (χ4n) is 4.24. The van der Waals surface area contributed by atoms with Crippen molar-refractivity contribution < 1.29 is 9.18 Å². The Morgan fingerprint density at radius 1 is 1.27 bits per heavy atom. The predicted octanol–water partition coefficient (Wildman–Crippen LogP) is 3.97. The van der Waals surface area contributed by atoms with Crippen molar-refractivity contribution in [1.29, 1.82) is 0 Å². The van der Waals surface area contributed by atoms with Crippen molar-refractivity contribution in [3.8, 4) is 0 Å². The first kappa shape index (κ1) is 21.8. The maximum Gasteiger partial charge on any atom is 0.329 e. The molecule has 0 atom stereocenters. The molecule has 0 radical (unpaired) electrons. The number of hydrogen-bond donors (Lipinski definition) is 1. The average molecular weight is 471 g/mol. The molecule has 172 valence electrons. The molecule has 0 spiro atoms. The van der Waals surface area contributed by atoms with Gasteiger partial charge in [-0.2, -0.15) is 0 Å². The normalized spacial score (nSPS) is 15.7. The third kappa shape index (κ3) is 4.08. The second kappa shape index (κ2) is 8.41. The van der Waals surface area contributed by atoms with Gasteiger partial charge in [-0.25, -0.2) is 14.2 Å². The van der Waals surface area contributed by atoms with E-state index in [-0.39, 0.29) is 51.6 Å². The van der Waals surface area contributed by atoms with E-state index in [1.165, 1.54) is 16.7 Å². The fourth-order valence-corrected chi connectivity index (χ4v) is 4.47. The molecule has 0 unspecified atom stereocenters. The van der Waals surface area contributed by atoms with E-state index in [1.54, 1.807) is 17.0 Å². The van der Waals surface area contributed by atoms with E-state index in [9.17, 15) is 18.8 Å². The number of aryl methyl sites for hydroxylation is 1. The van der Waals surface area contributed by atoms with E-state index in [4.69, 9.17) is 11.6 Å². The molecule has 3 aromatic rings. The number of nitrogens with one attached hydrogen (secondary N) is 1. The highest BCUT2D eigenvalue weighted by atomic mass is 35.5. The van der Waals surface area contributed by atoms with Crippen molar-refractivity contribution in [3.05, 3.63) is 72.8 Å². The summed E-state index contributed by atoms with van der Waals surface area (Å²) in [6.07, 6.45) is 4.16. The quantitative estimate of drug-likeness (QED) is 0.566. The third-order valence-corrected chi connectivity index (χ3v) is 6.63. The Kier molecular flexibility index (Phi) is 5.56. The Bertz CT molecular complexity index is 1350. The van der Waals surface area contributed by atoms with Crippen molar-refractivity contribution in [2.24, 2.45) is 0 Å². The van der Waals surface area contributed by atoms with E-state index in [2.05, 4.69) is 9.97 Å². The molecule has 1 amide bonds. The number of halogens is 2. The molecule has 2 fully saturated rings. The summed E-state index contributed by atoms with van der Waals surface area (Å²) < 4.78 is 15.9. The first-order valence-electron chi connectivity index (χ1n) is 11.3. The van der Waals surface area contributed by atoms with Crippen LogP contribution in [0.1, 0.15) is 66.6 Å². The summed E-state index contributed by atoms with van der Waals surface area (Å²) in [5.41, 5.74) is 0.216. The van der Waals surface area contributed by atoms with Gasteiger partial charge in [0.05, 0.1) is 17.5 Å². The van der Waals surface area contributed by atoms with E-state index in [0.29, 0.717) is 18.7 Å². The summed E-state index contributed by atoms with van der Waals surface area (Å²) in [5.74, 6) is -0.645. The van der Waals surface area contributed by atoms with Crippen LogP contribution in [0.5, 0.6) is 0 Å². The van der Waals surface area contributed by atoms with Crippen molar-refractivity contribution in [1.82, 2.24) is 19.4 Å². The van der Waals surface area contributed by atoms with E-state index in [0.717, 1.165) is 25.7 Å². The molecule has 0 bridgehead atoms. The van der Waals surface area contributed by atoms with Crippen LogP contribution in [-0.2, 0) is 13.1 Å². The van der Waals surface area contributed by atoms with E-state index >= 15 is 0 Å². The third-order valence-electron chi connectivity index (χ3n) is 6.28. The van der Waals surface area contributed by atoms with Gasteiger partial charge in [0.1, 0.15) is 5.82 Å². The van der Waals surface area contributed by atoms with Crippen LogP contribution in [0.2, 0.25) is 5.02 Å². The Labute approximate surface area is 194 Å². The highest BCUT2D eigenvalue weighted by Gasteiger charge is 2.36. The molecule has 2 saturated carbocycles. The zero-order valence-electron chi connectivity index (χ0n) is 18.2. The SMILES string of the molecule is CCCn1c(=O)[nH]c(=O)c2c(C(=O)N(Cc3c(F)cccc3Cl)C3CC3)cc(C3CC3)nc21. The summed E-state index contributed by atoms with van der Waals surface area (Å²) in [4.78, 5) is 47.8. The number of H-pyrrole nitrogens is 1. The summed E-state index contributed by atoms with van der Waals surface area (Å²) in [5, 5.41) is 0.351. The minimum Gasteiger partial charge on any atom is -0.331 e. The van der Waals surface area contributed by atoms with Gasteiger partial charge in [-0.3, -0.25) is 19.1 Å². The number of rotatable bonds is 7. The monoisotopic (exact) mass is 470 g/mol. The molecule has 1 aromatic carbocycles. The van der Waals surface area contributed by atoms with Crippen molar-refractivity contribution >= 4 is 28.5 Å². The maximum atomic E-state index is 14.5. The van der Waals surface area contributed by atoms with Crippen LogP contribution in [0.15, 0.2) is 33.9 Å². The van der Waals surface area contributed by atoms with Gasteiger partial charge in [-0.1, -0.05) is 24.6 Å². The molecule has 5 rings (SSSR count). The van der Waals surface area contributed by atoms with Crippen LogP contribution in [0.3, 0.4) is 0 Å². The van der Waals surface area contributed by atoms with Crippen LogP contribution in [0.25, 0.3) is 11.0 Å². The summed E-state index contributed by atoms with van der Waals surface area (Å²) in [6, 6.07) is 6.06. The molecule has 0 saturated heterocycles. The number of pyridine rings is 1. The lowest BCUT2D eigenvalue weighted by Crippen LogP contribution is -2.36. The zero-order chi connectivity index (χ0) is 23.3. The standard InChI is InChI=1S/C24H24ClFN4O3/c1-2-10-29-21-20(22(31)28-24(29)33)15(11-19(27-21)13-6-7-13)23(32)30(14-8-9-14)12-16-17(25)4-3-5-18(16)26/h3-5,11,13-14H,2,6-10,12H2,1H3,(H,28,31,33). The molecule has 2 heterocycles. The number of amides is 1. The summed E-state index contributed by atoms with van der Waals surface area (Å²) in [6.45, 7) is 2.30. The summed E-state index contributed by atoms with van der Waals surface area (Å²) in [7, 11) is 0. The Hall–Kier alpha value is -3.00. The van der Waals surface area contributed by atoms with E-state index < -0.39 is 17.1 Å². The van der Waals surface area contributed by atoms with Gasteiger partial charge in [0.2, 0.25) is 0 Å². The maximum absolute atomic E-state index is 14.5. The lowest BCUT2D eigenvalue weighted by Gasteiger charge is -2.24. The van der Waals surface area contributed by atoms with Crippen molar-refractivity contribution in [3.63, 3.8) is 0 Å². The molecule has 2 aliphatic carbocycles. The number of hydrogen-bond acceptors (Lipinski definition) is 4. The smallest absolute Gasteiger partial charge is 0.329 e. The molecular formula is C24H24ClFN4O3. The average Bonchev–Trinajstić information content (AvgIpc) is 3.68. The van der Waals surface area contributed by atoms with Gasteiger partial charge in [0.15, 0.2) is 5.65 Å². The van der Waals surface area contributed by atoms with E-state index in [1.807, 2.05) is 6.92 Å². The summed E-state index contributed by atoms with van der Waals surface area (Å²) >= 11 is 6.24. The highest BCUT2D eigenvalue weighted by molar-refractivity contribution is 6.31. The number of carbonyl (C=O) groups is 1. The van der Waals surface area contributed by atoms with Crippen molar-refractivity contribution in [2.75, 3.05) is 0 Å². The second-order valence-corrected chi connectivity index (χ2v) is 9.25. The van der Waals surface area contributed by atoms with Gasteiger partial charge in [0.25, 0.3) is 11.5 Å². The van der Waals surface area contributed by atoms with Gasteiger partial charge in [-0.05, 0) is 50.3 Å². The first-order valence-corrected chi connectivity index (χ1v) is 11.7. The topological polar surface area (TPSA) is 88.1 Å². The number of carbonyl (C=O) groups excluding carboxylic acids is 1. The van der Waals surface area contributed by atoms with Gasteiger partial charge in [-0.15, -0.1) is 0 Å². The van der Waals surface area contributed by atoms with Gasteiger partial charge >= 0.3 is 5.69 Å². The molecule has 7 nitrogen and oxygen atoms in total. The molecule has 1 N–H and O–H groups in total. The number of fused-ring (bicyclic) bond motifs is 1. The largest absolute Gasteiger partial charge is 0.331 e. The van der Waals surface area contributed by atoms with Crippen molar-refractivity contribution in [2.45, 2.75) is 64.1 Å². The van der Waals surface area contributed by atoms with Crippen LogP contribution in [0.4, 0.5) is 4.39 Å². The van der Waals surface area contributed by atoms with Crippen LogP contribution >= 0.6 is 11.6 Å². The Balaban J connectivity index is 1.67.